The molecule has 1 saturated heterocycles. The van der Waals surface area contributed by atoms with E-state index >= 15 is 0 Å². The molecule has 4 nitrogen and oxygen atoms in total. The largest absolute Gasteiger partial charge is 0.329 e. The van der Waals surface area contributed by atoms with E-state index < -0.39 is 0 Å². The van der Waals surface area contributed by atoms with Crippen molar-refractivity contribution in [1.82, 2.24) is 10.2 Å². The average Bonchev–Trinajstić information content (AvgIpc) is 2.21. The molecule has 1 unspecified atom stereocenters. The molecule has 4 heteroatoms. The minimum Gasteiger partial charge on any atom is -0.329 e. The molecule has 1 atom stereocenters. The van der Waals surface area contributed by atoms with Crippen molar-refractivity contribution in [2.24, 2.45) is 17.4 Å². The van der Waals surface area contributed by atoms with Crippen molar-refractivity contribution in [2.45, 2.75) is 18.9 Å². The molecule has 0 saturated carbocycles. The predicted molar refractivity (Wildman–Crippen MR) is 60.1 cm³/mol. The van der Waals surface area contributed by atoms with Crippen LogP contribution < -0.4 is 16.8 Å². The van der Waals surface area contributed by atoms with Crippen molar-refractivity contribution in [1.29, 1.82) is 0 Å². The SMILES string of the molecule is CN1CCC(CNCC(N)CN)CC1. The second-order valence-corrected chi connectivity index (χ2v) is 4.40. The minimum atomic E-state index is 0.112. The van der Waals surface area contributed by atoms with Crippen molar-refractivity contribution in [2.75, 3.05) is 39.8 Å². The molecule has 14 heavy (non-hydrogen) atoms. The summed E-state index contributed by atoms with van der Waals surface area (Å²) in [7, 11) is 2.19. The predicted octanol–water partition coefficient (Wildman–Crippen LogP) is -0.796. The van der Waals surface area contributed by atoms with Crippen LogP contribution in [-0.4, -0.2) is 50.7 Å². The van der Waals surface area contributed by atoms with Crippen molar-refractivity contribution in [3.05, 3.63) is 0 Å². The van der Waals surface area contributed by atoms with Crippen molar-refractivity contribution >= 4 is 0 Å². The Morgan fingerprint density at radius 2 is 2.07 bits per heavy atom. The van der Waals surface area contributed by atoms with Gasteiger partial charge in [0.15, 0.2) is 0 Å². The van der Waals surface area contributed by atoms with Crippen LogP contribution in [0.1, 0.15) is 12.8 Å². The number of nitrogens with two attached hydrogens (primary N) is 2. The molecular weight excluding hydrogens is 176 g/mol. The number of rotatable bonds is 5. The van der Waals surface area contributed by atoms with Crippen LogP contribution in [0.3, 0.4) is 0 Å². The van der Waals surface area contributed by atoms with Crippen LogP contribution in [0.2, 0.25) is 0 Å². The Hall–Kier alpha value is -0.160. The number of piperidine rings is 1. The number of nitrogens with one attached hydrogen (secondary N) is 1. The molecule has 0 spiro atoms. The van der Waals surface area contributed by atoms with Gasteiger partial charge in [0.25, 0.3) is 0 Å². The zero-order valence-electron chi connectivity index (χ0n) is 9.21. The highest BCUT2D eigenvalue weighted by atomic mass is 15.1. The van der Waals surface area contributed by atoms with Gasteiger partial charge in [0.2, 0.25) is 0 Å². The van der Waals surface area contributed by atoms with E-state index in [0.29, 0.717) is 6.54 Å². The standard InChI is InChI=1S/C10H24N4/c1-14-4-2-9(3-5-14)7-13-8-10(12)6-11/h9-10,13H,2-8,11-12H2,1H3. The first-order chi connectivity index (χ1) is 6.72. The summed E-state index contributed by atoms with van der Waals surface area (Å²) in [5, 5.41) is 3.40. The van der Waals surface area contributed by atoms with Gasteiger partial charge in [0, 0.05) is 19.1 Å². The maximum atomic E-state index is 5.71. The van der Waals surface area contributed by atoms with Gasteiger partial charge in [-0.2, -0.15) is 0 Å². The first-order valence-corrected chi connectivity index (χ1v) is 5.57. The molecule has 0 bridgehead atoms. The fraction of sp³-hybridized carbons (Fsp3) is 1.00. The lowest BCUT2D eigenvalue weighted by Gasteiger charge is -2.29. The molecule has 1 heterocycles. The fourth-order valence-corrected chi connectivity index (χ4v) is 1.82. The monoisotopic (exact) mass is 200 g/mol. The zero-order valence-corrected chi connectivity index (χ0v) is 9.21. The van der Waals surface area contributed by atoms with Crippen LogP contribution >= 0.6 is 0 Å². The van der Waals surface area contributed by atoms with Gasteiger partial charge in [-0.15, -0.1) is 0 Å². The Balaban J connectivity index is 2.02. The fourth-order valence-electron chi connectivity index (χ4n) is 1.82. The van der Waals surface area contributed by atoms with Crippen LogP contribution in [0, 0.1) is 5.92 Å². The van der Waals surface area contributed by atoms with Gasteiger partial charge in [-0.05, 0) is 45.4 Å². The molecule has 1 fully saturated rings. The molecule has 1 aliphatic rings. The normalized spacial score (nSPS) is 22.5. The van der Waals surface area contributed by atoms with Crippen molar-refractivity contribution in [3.8, 4) is 0 Å². The van der Waals surface area contributed by atoms with Gasteiger partial charge in [-0.1, -0.05) is 0 Å². The Labute approximate surface area is 87.0 Å². The molecule has 1 rings (SSSR count). The minimum absolute atomic E-state index is 0.112. The molecule has 1 aliphatic heterocycles. The van der Waals surface area contributed by atoms with Crippen LogP contribution in [0.15, 0.2) is 0 Å². The lowest BCUT2D eigenvalue weighted by molar-refractivity contribution is 0.215. The molecule has 0 aromatic heterocycles. The lowest BCUT2D eigenvalue weighted by Crippen LogP contribution is -2.42. The summed E-state index contributed by atoms with van der Waals surface area (Å²) in [4.78, 5) is 2.39. The molecule has 0 amide bonds. The quantitative estimate of drug-likeness (QED) is 0.544. The second-order valence-electron chi connectivity index (χ2n) is 4.40. The van der Waals surface area contributed by atoms with E-state index in [1.54, 1.807) is 0 Å². The van der Waals surface area contributed by atoms with E-state index in [4.69, 9.17) is 11.5 Å². The molecule has 0 aromatic rings. The topological polar surface area (TPSA) is 67.3 Å². The summed E-state index contributed by atoms with van der Waals surface area (Å²) in [6.45, 7) is 4.98. The third-order valence-corrected chi connectivity index (χ3v) is 2.98. The summed E-state index contributed by atoms with van der Waals surface area (Å²) in [5.41, 5.74) is 11.2. The van der Waals surface area contributed by atoms with Crippen LogP contribution in [0.5, 0.6) is 0 Å². The highest BCUT2D eigenvalue weighted by molar-refractivity contribution is 4.73. The summed E-state index contributed by atoms with van der Waals surface area (Å²) < 4.78 is 0. The van der Waals surface area contributed by atoms with Gasteiger partial charge in [-0.25, -0.2) is 0 Å². The third kappa shape index (κ3) is 4.37. The van der Waals surface area contributed by atoms with Crippen molar-refractivity contribution < 1.29 is 0 Å². The Morgan fingerprint density at radius 3 is 2.64 bits per heavy atom. The van der Waals surface area contributed by atoms with Gasteiger partial charge in [0.05, 0.1) is 0 Å². The van der Waals surface area contributed by atoms with E-state index in [1.165, 1.54) is 25.9 Å². The maximum Gasteiger partial charge on any atom is 0.0290 e. The summed E-state index contributed by atoms with van der Waals surface area (Å²) in [6.07, 6.45) is 2.61. The van der Waals surface area contributed by atoms with E-state index in [2.05, 4.69) is 17.3 Å². The molecule has 0 radical (unpaired) electrons. The molecule has 84 valence electrons. The number of likely N-dealkylation sites (tertiary alicyclic amines) is 1. The van der Waals surface area contributed by atoms with Crippen LogP contribution in [0.25, 0.3) is 0 Å². The second kappa shape index (κ2) is 6.35. The number of hydrogen-bond donors (Lipinski definition) is 3. The zero-order chi connectivity index (χ0) is 10.4. The lowest BCUT2D eigenvalue weighted by atomic mass is 9.97. The highest BCUT2D eigenvalue weighted by Gasteiger charge is 2.15. The van der Waals surface area contributed by atoms with Gasteiger partial charge in [-0.3, -0.25) is 0 Å². The molecular formula is C10H24N4. The van der Waals surface area contributed by atoms with E-state index in [-0.39, 0.29) is 6.04 Å². The third-order valence-electron chi connectivity index (χ3n) is 2.98. The molecule has 5 N–H and O–H groups in total. The molecule has 0 aliphatic carbocycles. The number of nitrogens with zero attached hydrogens (tertiary/aromatic N) is 1. The highest BCUT2D eigenvalue weighted by Crippen LogP contribution is 2.14. The Morgan fingerprint density at radius 1 is 1.43 bits per heavy atom. The Kier molecular flexibility index (Phi) is 5.40. The summed E-state index contributed by atoms with van der Waals surface area (Å²) in [6, 6.07) is 0.112. The first-order valence-electron chi connectivity index (χ1n) is 5.57. The van der Waals surface area contributed by atoms with Crippen LogP contribution in [0.4, 0.5) is 0 Å². The molecule has 0 aromatic carbocycles. The summed E-state index contributed by atoms with van der Waals surface area (Å²) >= 11 is 0. The van der Waals surface area contributed by atoms with E-state index in [9.17, 15) is 0 Å². The first kappa shape index (κ1) is 11.9. The van der Waals surface area contributed by atoms with Gasteiger partial charge in [0.1, 0.15) is 0 Å². The van der Waals surface area contributed by atoms with Gasteiger partial charge < -0.3 is 21.7 Å². The smallest absolute Gasteiger partial charge is 0.0290 e. The van der Waals surface area contributed by atoms with E-state index in [0.717, 1.165) is 19.0 Å². The van der Waals surface area contributed by atoms with Crippen LogP contribution in [-0.2, 0) is 0 Å². The Bertz CT molecular complexity index is 143. The van der Waals surface area contributed by atoms with Gasteiger partial charge >= 0.3 is 0 Å². The summed E-state index contributed by atoms with van der Waals surface area (Å²) in [5.74, 6) is 0.830. The average molecular weight is 200 g/mol. The van der Waals surface area contributed by atoms with Crippen molar-refractivity contribution in [3.63, 3.8) is 0 Å². The van der Waals surface area contributed by atoms with E-state index in [1.807, 2.05) is 0 Å². The maximum absolute atomic E-state index is 5.71. The number of hydrogen-bond acceptors (Lipinski definition) is 4.